The number of nitrogens with one attached hydrogen (secondary N) is 1. The number of ether oxygens (including phenoxy) is 2. The summed E-state index contributed by atoms with van der Waals surface area (Å²) in [6, 6.07) is 10.9. The van der Waals surface area contributed by atoms with Gasteiger partial charge in [0.2, 0.25) is 0 Å². The van der Waals surface area contributed by atoms with Crippen LogP contribution in [0.25, 0.3) is 0 Å². The van der Waals surface area contributed by atoms with E-state index in [1.807, 2.05) is 31.2 Å². The number of aromatic nitrogens is 1. The molecule has 0 radical (unpaired) electrons. The normalized spacial score (nSPS) is 12.2. The van der Waals surface area contributed by atoms with Gasteiger partial charge in [-0.25, -0.2) is 9.78 Å². The van der Waals surface area contributed by atoms with E-state index in [1.54, 1.807) is 12.1 Å². The van der Waals surface area contributed by atoms with Crippen LogP contribution in [0.3, 0.4) is 0 Å². The molecule has 1 heterocycles. The molecule has 2 rings (SSSR count). The first-order chi connectivity index (χ1) is 12.7. The summed E-state index contributed by atoms with van der Waals surface area (Å²) in [5, 5.41) is 2.75. The van der Waals surface area contributed by atoms with Crippen molar-refractivity contribution in [3.05, 3.63) is 53.9 Å². The zero-order chi connectivity index (χ0) is 20.0. The van der Waals surface area contributed by atoms with E-state index in [2.05, 4.69) is 31.1 Å². The lowest BCUT2D eigenvalue weighted by molar-refractivity contribution is -0.123. The summed E-state index contributed by atoms with van der Waals surface area (Å²) in [5.74, 6) is -0.791. The van der Waals surface area contributed by atoms with E-state index in [4.69, 9.17) is 9.47 Å². The molecule has 6 heteroatoms. The van der Waals surface area contributed by atoms with Crippen LogP contribution in [0.1, 0.15) is 50.7 Å². The minimum absolute atomic E-state index is 0.0340. The van der Waals surface area contributed by atoms with Crippen molar-refractivity contribution in [1.29, 1.82) is 0 Å². The number of benzene rings is 1. The third-order valence-corrected chi connectivity index (χ3v) is 3.94. The minimum atomic E-state index is -0.976. The Morgan fingerprint density at radius 3 is 2.41 bits per heavy atom. The van der Waals surface area contributed by atoms with Crippen LogP contribution in [0.2, 0.25) is 0 Å². The number of pyridine rings is 1. The molecule has 1 aromatic carbocycles. The van der Waals surface area contributed by atoms with Gasteiger partial charge in [0.15, 0.2) is 17.5 Å². The maximum absolute atomic E-state index is 12.3. The number of carbonyl (C=O) groups excluding carboxylic acids is 2. The summed E-state index contributed by atoms with van der Waals surface area (Å²) in [5.41, 5.74) is 1.89. The van der Waals surface area contributed by atoms with Crippen LogP contribution in [-0.4, -0.2) is 29.6 Å². The van der Waals surface area contributed by atoms with E-state index < -0.39 is 18.0 Å². The Balaban J connectivity index is 2.00. The molecular weight excluding hydrogens is 344 g/mol. The fourth-order valence-corrected chi connectivity index (χ4v) is 2.38. The summed E-state index contributed by atoms with van der Waals surface area (Å²) in [4.78, 5) is 28.6. The third kappa shape index (κ3) is 5.54. The van der Waals surface area contributed by atoms with Gasteiger partial charge in [0.1, 0.15) is 0 Å². The van der Waals surface area contributed by atoms with Gasteiger partial charge in [0.25, 0.3) is 5.91 Å². The fraction of sp³-hybridized carbons (Fsp3) is 0.381. The molecule has 0 unspecified atom stereocenters. The van der Waals surface area contributed by atoms with Crippen molar-refractivity contribution in [3.8, 4) is 5.75 Å². The summed E-state index contributed by atoms with van der Waals surface area (Å²) in [6.07, 6.45) is 0.497. The monoisotopic (exact) mass is 370 g/mol. The maximum Gasteiger partial charge on any atom is 0.361 e. The van der Waals surface area contributed by atoms with E-state index in [1.165, 1.54) is 18.7 Å². The van der Waals surface area contributed by atoms with E-state index in [0.29, 0.717) is 18.0 Å². The standard InChI is InChI=1S/C21H26N2O4/c1-6-26-17-8-7-13-22-18(17)20(25)27-14(2)19(24)23-16-11-9-15(10-12-16)21(3,4)5/h7-14H,6H2,1-5H3,(H,23,24)/t14-/m1/s1. The first-order valence-corrected chi connectivity index (χ1v) is 8.92. The number of rotatable bonds is 6. The number of anilines is 1. The summed E-state index contributed by atoms with van der Waals surface area (Å²) < 4.78 is 10.6. The second kappa shape index (κ2) is 8.66. The van der Waals surface area contributed by atoms with Crippen molar-refractivity contribution in [2.24, 2.45) is 0 Å². The van der Waals surface area contributed by atoms with Crippen molar-refractivity contribution in [3.63, 3.8) is 0 Å². The van der Waals surface area contributed by atoms with Gasteiger partial charge in [-0.1, -0.05) is 32.9 Å². The molecule has 0 spiro atoms. The Labute approximate surface area is 159 Å². The number of nitrogens with zero attached hydrogens (tertiary/aromatic N) is 1. The van der Waals surface area contributed by atoms with Gasteiger partial charge in [-0.2, -0.15) is 0 Å². The molecule has 0 aliphatic heterocycles. The number of hydrogen-bond donors (Lipinski definition) is 1. The van der Waals surface area contributed by atoms with Gasteiger partial charge in [0.05, 0.1) is 6.61 Å². The van der Waals surface area contributed by atoms with Gasteiger partial charge in [-0.05, 0) is 49.1 Å². The molecular formula is C21H26N2O4. The predicted molar refractivity (Wildman–Crippen MR) is 104 cm³/mol. The van der Waals surface area contributed by atoms with Crippen LogP contribution in [0.15, 0.2) is 42.6 Å². The average Bonchev–Trinajstić information content (AvgIpc) is 2.62. The molecule has 27 heavy (non-hydrogen) atoms. The molecule has 0 aliphatic carbocycles. The zero-order valence-corrected chi connectivity index (χ0v) is 16.4. The van der Waals surface area contributed by atoms with Crippen LogP contribution in [0.4, 0.5) is 5.69 Å². The van der Waals surface area contributed by atoms with E-state index in [9.17, 15) is 9.59 Å². The van der Waals surface area contributed by atoms with Crippen molar-refractivity contribution < 1.29 is 19.1 Å². The molecule has 6 nitrogen and oxygen atoms in total. The SMILES string of the molecule is CCOc1cccnc1C(=O)O[C@H](C)C(=O)Nc1ccc(C(C)(C)C)cc1. The lowest BCUT2D eigenvalue weighted by Crippen LogP contribution is -2.30. The number of esters is 1. The van der Waals surface area contributed by atoms with Gasteiger partial charge in [-0.3, -0.25) is 4.79 Å². The highest BCUT2D eigenvalue weighted by Crippen LogP contribution is 2.23. The topological polar surface area (TPSA) is 77.5 Å². The van der Waals surface area contributed by atoms with E-state index >= 15 is 0 Å². The zero-order valence-electron chi connectivity index (χ0n) is 16.4. The smallest absolute Gasteiger partial charge is 0.361 e. The lowest BCUT2D eigenvalue weighted by Gasteiger charge is -2.19. The Morgan fingerprint density at radius 2 is 1.81 bits per heavy atom. The Bertz CT molecular complexity index is 795. The van der Waals surface area contributed by atoms with Crippen molar-refractivity contribution >= 4 is 17.6 Å². The summed E-state index contributed by atoms with van der Waals surface area (Å²) in [6.45, 7) is 10.1. The molecule has 144 valence electrons. The summed E-state index contributed by atoms with van der Waals surface area (Å²) in [7, 11) is 0. The Hall–Kier alpha value is -2.89. The van der Waals surface area contributed by atoms with Gasteiger partial charge < -0.3 is 14.8 Å². The van der Waals surface area contributed by atoms with E-state index in [0.717, 1.165) is 0 Å². The summed E-state index contributed by atoms with van der Waals surface area (Å²) >= 11 is 0. The molecule has 0 bridgehead atoms. The minimum Gasteiger partial charge on any atom is -0.491 e. The molecule has 1 N–H and O–H groups in total. The van der Waals surface area contributed by atoms with Crippen molar-refractivity contribution in [1.82, 2.24) is 4.98 Å². The van der Waals surface area contributed by atoms with Gasteiger partial charge in [-0.15, -0.1) is 0 Å². The number of amides is 1. The maximum atomic E-state index is 12.3. The average molecular weight is 370 g/mol. The van der Waals surface area contributed by atoms with Crippen LogP contribution >= 0.6 is 0 Å². The van der Waals surface area contributed by atoms with Crippen molar-refractivity contribution in [2.45, 2.75) is 46.1 Å². The second-order valence-electron chi connectivity index (χ2n) is 7.15. The molecule has 0 saturated carbocycles. The molecule has 0 fully saturated rings. The highest BCUT2D eigenvalue weighted by molar-refractivity contribution is 5.97. The second-order valence-corrected chi connectivity index (χ2v) is 7.15. The third-order valence-electron chi connectivity index (χ3n) is 3.94. The molecule has 1 amide bonds. The van der Waals surface area contributed by atoms with Crippen LogP contribution in [0.5, 0.6) is 5.75 Å². The lowest BCUT2D eigenvalue weighted by atomic mass is 9.87. The van der Waals surface area contributed by atoms with Crippen LogP contribution in [-0.2, 0) is 14.9 Å². The molecule has 0 saturated heterocycles. The quantitative estimate of drug-likeness (QED) is 0.779. The van der Waals surface area contributed by atoms with E-state index in [-0.39, 0.29) is 11.1 Å². The van der Waals surface area contributed by atoms with Crippen LogP contribution in [0, 0.1) is 0 Å². The fourth-order valence-electron chi connectivity index (χ4n) is 2.38. The van der Waals surface area contributed by atoms with Gasteiger partial charge >= 0.3 is 5.97 Å². The predicted octanol–water partition coefficient (Wildman–Crippen LogP) is 3.96. The molecule has 1 aromatic heterocycles. The van der Waals surface area contributed by atoms with Gasteiger partial charge in [0, 0.05) is 11.9 Å². The molecule has 0 aliphatic rings. The highest BCUT2D eigenvalue weighted by atomic mass is 16.6. The highest BCUT2D eigenvalue weighted by Gasteiger charge is 2.22. The first-order valence-electron chi connectivity index (χ1n) is 8.92. The first kappa shape index (κ1) is 20.4. The number of hydrogen-bond acceptors (Lipinski definition) is 5. The largest absolute Gasteiger partial charge is 0.491 e. The van der Waals surface area contributed by atoms with Crippen LogP contribution < -0.4 is 10.1 Å². The number of carbonyl (C=O) groups is 2. The molecule has 1 atom stereocenters. The molecule has 2 aromatic rings. The Morgan fingerprint density at radius 1 is 1.15 bits per heavy atom. The Kier molecular flexibility index (Phi) is 6.55. The van der Waals surface area contributed by atoms with Crippen molar-refractivity contribution in [2.75, 3.05) is 11.9 Å².